The Kier molecular flexibility index (Phi) is 5.09. The zero-order chi connectivity index (χ0) is 21.8. The SMILES string of the molecule is Cn1cc2cc(-c3cc(C4CCOCC4)c4c(N)c([S+]([O-])C5CCC5)sc4n3)cnc2n1. The van der Waals surface area contributed by atoms with Crippen molar-refractivity contribution in [2.45, 2.75) is 47.5 Å². The van der Waals surface area contributed by atoms with Crippen LogP contribution in [0.1, 0.15) is 43.6 Å². The number of aryl methyl sites for hydroxylation is 1. The number of anilines is 1. The molecule has 9 heteroatoms. The van der Waals surface area contributed by atoms with Gasteiger partial charge in [0, 0.05) is 60.2 Å². The molecule has 4 aromatic rings. The number of nitrogen functional groups attached to an aromatic ring is 1. The molecule has 0 radical (unpaired) electrons. The maximum atomic E-state index is 13.2. The number of fused-ring (bicyclic) bond motifs is 2. The fraction of sp³-hybridized carbons (Fsp3) is 0.435. The lowest BCUT2D eigenvalue weighted by Gasteiger charge is -2.27. The Morgan fingerprint density at radius 2 is 2.03 bits per heavy atom. The van der Waals surface area contributed by atoms with E-state index in [-0.39, 0.29) is 5.25 Å². The summed E-state index contributed by atoms with van der Waals surface area (Å²) in [6, 6.07) is 4.25. The van der Waals surface area contributed by atoms with Gasteiger partial charge in [-0.1, -0.05) is 11.3 Å². The van der Waals surface area contributed by atoms with Crippen LogP contribution in [0.5, 0.6) is 0 Å². The molecule has 1 aliphatic carbocycles. The molecule has 1 saturated heterocycles. The van der Waals surface area contributed by atoms with E-state index in [1.807, 2.05) is 19.4 Å². The van der Waals surface area contributed by atoms with Gasteiger partial charge in [-0.05, 0) is 55.7 Å². The third-order valence-corrected chi connectivity index (χ3v) is 9.96. The fourth-order valence-electron chi connectivity index (χ4n) is 4.67. The predicted octanol–water partition coefficient (Wildman–Crippen LogP) is 4.38. The summed E-state index contributed by atoms with van der Waals surface area (Å²) >= 11 is 0.440. The Bertz CT molecular complexity index is 1310. The number of nitrogens with two attached hydrogens (primary N) is 1. The summed E-state index contributed by atoms with van der Waals surface area (Å²) in [5.74, 6) is 0.352. The zero-order valence-corrected chi connectivity index (χ0v) is 19.5. The minimum Gasteiger partial charge on any atom is -0.611 e. The van der Waals surface area contributed by atoms with E-state index in [0.29, 0.717) is 11.6 Å². The lowest BCUT2D eigenvalue weighted by Crippen LogP contribution is -2.28. The first-order chi connectivity index (χ1) is 15.6. The topological polar surface area (TPSA) is 102 Å². The van der Waals surface area contributed by atoms with E-state index in [2.05, 4.69) is 22.2 Å². The van der Waals surface area contributed by atoms with Gasteiger partial charge in [0.05, 0.1) is 5.69 Å². The minimum atomic E-state index is -1.06. The number of rotatable bonds is 4. The number of thiophene rings is 1. The highest BCUT2D eigenvalue weighted by Crippen LogP contribution is 2.46. The number of aromatic nitrogens is 4. The zero-order valence-electron chi connectivity index (χ0n) is 17.9. The highest BCUT2D eigenvalue weighted by atomic mass is 32.2. The van der Waals surface area contributed by atoms with Gasteiger partial charge >= 0.3 is 0 Å². The van der Waals surface area contributed by atoms with Crippen molar-refractivity contribution in [2.24, 2.45) is 7.05 Å². The quantitative estimate of drug-likeness (QED) is 0.447. The van der Waals surface area contributed by atoms with Gasteiger partial charge < -0.3 is 15.0 Å². The van der Waals surface area contributed by atoms with Gasteiger partial charge in [-0.3, -0.25) is 4.68 Å². The van der Waals surface area contributed by atoms with Gasteiger partial charge in [-0.15, -0.1) is 0 Å². The molecule has 0 bridgehead atoms. The molecule has 2 aliphatic rings. The van der Waals surface area contributed by atoms with Gasteiger partial charge in [0.1, 0.15) is 15.8 Å². The summed E-state index contributed by atoms with van der Waals surface area (Å²) in [5, 5.41) is 6.58. The van der Waals surface area contributed by atoms with Crippen molar-refractivity contribution in [2.75, 3.05) is 18.9 Å². The van der Waals surface area contributed by atoms with Gasteiger partial charge in [0.15, 0.2) is 5.65 Å². The summed E-state index contributed by atoms with van der Waals surface area (Å²) < 4.78 is 21.4. The monoisotopic (exact) mass is 467 g/mol. The standard InChI is InChI=1S/C23H25N5O2S2/c1-28-12-15-9-14(11-25-21(15)27-28)18-10-17(13-5-7-30-8-6-13)19-20(24)23(31-22(19)26-18)32(29)16-3-2-4-16/h9-13,16H,2-8,24H2,1H3. The van der Waals surface area contributed by atoms with E-state index < -0.39 is 11.2 Å². The molecule has 2 fully saturated rings. The lowest BCUT2D eigenvalue weighted by atomic mass is 9.89. The van der Waals surface area contributed by atoms with E-state index >= 15 is 0 Å². The van der Waals surface area contributed by atoms with Crippen molar-refractivity contribution < 1.29 is 9.29 Å². The first-order valence-corrected chi connectivity index (χ1v) is 13.1. The molecule has 2 N–H and O–H groups in total. The largest absolute Gasteiger partial charge is 0.611 e. The normalized spacial score (nSPS) is 18.9. The van der Waals surface area contributed by atoms with Crippen LogP contribution >= 0.6 is 11.3 Å². The third-order valence-electron chi connectivity index (χ3n) is 6.66. The fourth-order valence-corrected chi connectivity index (χ4v) is 7.88. The Balaban J connectivity index is 1.52. The van der Waals surface area contributed by atoms with Gasteiger partial charge in [0.2, 0.25) is 4.21 Å². The number of pyridine rings is 2. The van der Waals surface area contributed by atoms with E-state index in [9.17, 15) is 4.55 Å². The van der Waals surface area contributed by atoms with E-state index in [1.165, 1.54) is 16.9 Å². The van der Waals surface area contributed by atoms with E-state index in [0.717, 1.165) is 82.0 Å². The molecule has 1 unspecified atom stereocenters. The van der Waals surface area contributed by atoms with Crippen molar-refractivity contribution in [1.82, 2.24) is 19.7 Å². The van der Waals surface area contributed by atoms with Crippen LogP contribution < -0.4 is 5.73 Å². The Hall–Kier alpha value is -2.20. The third kappa shape index (κ3) is 3.39. The van der Waals surface area contributed by atoms with Crippen LogP contribution in [0.3, 0.4) is 0 Å². The molecular weight excluding hydrogens is 442 g/mol. The molecule has 32 heavy (non-hydrogen) atoms. The van der Waals surface area contributed by atoms with Crippen LogP contribution in [0.15, 0.2) is 28.7 Å². The lowest BCUT2D eigenvalue weighted by molar-refractivity contribution is 0.0856. The van der Waals surface area contributed by atoms with Crippen molar-refractivity contribution in [1.29, 1.82) is 0 Å². The molecule has 5 heterocycles. The molecule has 0 amide bonds. The second-order valence-electron chi connectivity index (χ2n) is 8.76. The number of ether oxygens (including phenoxy) is 1. The van der Waals surface area contributed by atoms with Crippen molar-refractivity contribution >= 4 is 49.5 Å². The van der Waals surface area contributed by atoms with Crippen LogP contribution in [-0.2, 0) is 23.0 Å². The molecule has 0 spiro atoms. The first kappa shape index (κ1) is 20.4. The number of nitrogens with zero attached hydrogens (tertiary/aromatic N) is 4. The molecule has 6 rings (SSSR count). The second kappa shape index (κ2) is 7.98. The Morgan fingerprint density at radius 3 is 2.78 bits per heavy atom. The van der Waals surface area contributed by atoms with E-state index in [4.69, 9.17) is 15.5 Å². The van der Waals surface area contributed by atoms with Crippen LogP contribution in [0.4, 0.5) is 5.69 Å². The highest BCUT2D eigenvalue weighted by Gasteiger charge is 2.35. The number of hydrogen-bond donors (Lipinski definition) is 1. The minimum absolute atomic E-state index is 0.230. The maximum Gasteiger partial charge on any atom is 0.232 e. The summed E-state index contributed by atoms with van der Waals surface area (Å²) in [6.45, 7) is 1.50. The molecule has 1 atom stereocenters. The van der Waals surface area contributed by atoms with Gasteiger partial charge in [-0.2, -0.15) is 5.10 Å². The molecular formula is C23H25N5O2S2. The summed E-state index contributed by atoms with van der Waals surface area (Å²) in [5.41, 5.74) is 11.1. The summed E-state index contributed by atoms with van der Waals surface area (Å²) in [7, 11) is 1.90. The average molecular weight is 468 g/mol. The van der Waals surface area contributed by atoms with Crippen molar-refractivity contribution in [3.8, 4) is 11.3 Å². The molecule has 1 aliphatic heterocycles. The van der Waals surface area contributed by atoms with E-state index in [1.54, 1.807) is 4.68 Å². The van der Waals surface area contributed by atoms with Crippen LogP contribution in [0.2, 0.25) is 0 Å². The van der Waals surface area contributed by atoms with Crippen LogP contribution in [0, 0.1) is 0 Å². The van der Waals surface area contributed by atoms with Gasteiger partial charge in [-0.25, -0.2) is 9.97 Å². The molecule has 166 valence electrons. The average Bonchev–Trinajstić information content (AvgIpc) is 3.30. The predicted molar refractivity (Wildman–Crippen MR) is 128 cm³/mol. The van der Waals surface area contributed by atoms with Gasteiger partial charge in [0.25, 0.3) is 0 Å². The van der Waals surface area contributed by atoms with Crippen molar-refractivity contribution in [3.63, 3.8) is 0 Å². The summed E-state index contributed by atoms with van der Waals surface area (Å²) in [4.78, 5) is 10.4. The van der Waals surface area contributed by atoms with Crippen LogP contribution in [-0.4, -0.2) is 42.8 Å². The number of hydrogen-bond acceptors (Lipinski definition) is 7. The molecule has 4 aromatic heterocycles. The smallest absolute Gasteiger partial charge is 0.232 e. The first-order valence-electron chi connectivity index (χ1n) is 11.1. The Labute approximate surface area is 193 Å². The molecule has 7 nitrogen and oxygen atoms in total. The van der Waals surface area contributed by atoms with Crippen LogP contribution in [0.25, 0.3) is 32.5 Å². The maximum absolute atomic E-state index is 13.2. The molecule has 0 aromatic carbocycles. The second-order valence-corrected chi connectivity index (χ2v) is 11.7. The molecule has 1 saturated carbocycles. The summed E-state index contributed by atoms with van der Waals surface area (Å²) in [6.07, 6.45) is 8.89. The Morgan fingerprint density at radius 1 is 1.22 bits per heavy atom. The van der Waals surface area contributed by atoms with Crippen molar-refractivity contribution in [3.05, 3.63) is 30.1 Å². The highest BCUT2D eigenvalue weighted by molar-refractivity contribution is 7.94.